The summed E-state index contributed by atoms with van der Waals surface area (Å²) >= 11 is 0. The van der Waals surface area contributed by atoms with Crippen molar-refractivity contribution < 1.29 is 9.52 Å². The molecular weight excluding hydrogens is 166 g/mol. The van der Waals surface area contributed by atoms with E-state index in [2.05, 4.69) is 0 Å². The third-order valence-corrected chi connectivity index (χ3v) is 2.22. The first-order valence-electron chi connectivity index (χ1n) is 4.58. The second-order valence-electron chi connectivity index (χ2n) is 3.36. The largest absolute Gasteiger partial charge is 0.464 e. The molecule has 1 heterocycles. The zero-order valence-electron chi connectivity index (χ0n) is 8.21. The fraction of sp³-hybridized carbons (Fsp3) is 0.600. The summed E-state index contributed by atoms with van der Waals surface area (Å²) in [6.07, 6.45) is 1.49. The maximum Gasteiger partial charge on any atom is 0.121 e. The summed E-state index contributed by atoms with van der Waals surface area (Å²) in [7, 11) is 0. The van der Waals surface area contributed by atoms with Crippen LogP contribution in [0.2, 0.25) is 0 Å². The van der Waals surface area contributed by atoms with Crippen LogP contribution in [0.5, 0.6) is 0 Å². The molecule has 1 aromatic rings. The van der Waals surface area contributed by atoms with Gasteiger partial charge in [0.2, 0.25) is 0 Å². The third kappa shape index (κ3) is 2.57. The molecule has 0 aliphatic carbocycles. The van der Waals surface area contributed by atoms with Crippen molar-refractivity contribution in [2.24, 2.45) is 5.73 Å². The Bertz CT molecular complexity index is 248. The lowest BCUT2D eigenvalue weighted by molar-refractivity contribution is 0.276. The minimum atomic E-state index is -0.0838. The van der Waals surface area contributed by atoms with Crippen molar-refractivity contribution in [2.45, 2.75) is 32.7 Å². The highest BCUT2D eigenvalue weighted by atomic mass is 16.3. The average molecular weight is 183 g/mol. The summed E-state index contributed by atoms with van der Waals surface area (Å²) in [5.74, 6) is 1.75. The van der Waals surface area contributed by atoms with Gasteiger partial charge in [0, 0.05) is 6.61 Å². The molecule has 3 heteroatoms. The normalized spacial score (nSPS) is 13.2. The molecule has 3 nitrogen and oxygen atoms in total. The van der Waals surface area contributed by atoms with E-state index in [1.807, 2.05) is 19.9 Å². The van der Waals surface area contributed by atoms with Crippen LogP contribution in [0.3, 0.4) is 0 Å². The first-order chi connectivity index (χ1) is 6.15. The Morgan fingerprint density at radius 3 is 2.69 bits per heavy atom. The molecule has 0 fully saturated rings. The smallest absolute Gasteiger partial charge is 0.121 e. The molecule has 0 unspecified atom stereocenters. The van der Waals surface area contributed by atoms with Crippen molar-refractivity contribution in [3.63, 3.8) is 0 Å². The van der Waals surface area contributed by atoms with E-state index < -0.39 is 0 Å². The van der Waals surface area contributed by atoms with Gasteiger partial charge in [0.1, 0.15) is 11.5 Å². The summed E-state index contributed by atoms with van der Waals surface area (Å²) in [6.45, 7) is 4.12. The SMILES string of the molecule is Cc1cc([C@H](N)CCCO)oc1C. The first-order valence-corrected chi connectivity index (χ1v) is 4.58. The second kappa shape index (κ2) is 4.44. The van der Waals surface area contributed by atoms with Gasteiger partial charge in [-0.2, -0.15) is 0 Å². The fourth-order valence-electron chi connectivity index (χ4n) is 1.24. The number of aryl methyl sites for hydroxylation is 2. The van der Waals surface area contributed by atoms with E-state index in [0.29, 0.717) is 0 Å². The van der Waals surface area contributed by atoms with Crippen LogP contribution in [-0.4, -0.2) is 11.7 Å². The molecule has 0 aromatic carbocycles. The molecule has 0 aliphatic rings. The second-order valence-corrected chi connectivity index (χ2v) is 3.36. The van der Waals surface area contributed by atoms with Crippen LogP contribution in [0.25, 0.3) is 0 Å². The summed E-state index contributed by atoms with van der Waals surface area (Å²) < 4.78 is 5.47. The third-order valence-electron chi connectivity index (χ3n) is 2.22. The van der Waals surface area contributed by atoms with Crippen LogP contribution >= 0.6 is 0 Å². The van der Waals surface area contributed by atoms with Gasteiger partial charge in [-0.3, -0.25) is 0 Å². The van der Waals surface area contributed by atoms with E-state index in [9.17, 15) is 0 Å². The summed E-state index contributed by atoms with van der Waals surface area (Å²) in [4.78, 5) is 0. The predicted octanol–water partition coefficient (Wildman–Crippen LogP) is 1.67. The van der Waals surface area contributed by atoms with Crippen molar-refractivity contribution in [3.8, 4) is 0 Å². The molecule has 1 aromatic heterocycles. The molecule has 13 heavy (non-hydrogen) atoms. The number of rotatable bonds is 4. The molecule has 3 N–H and O–H groups in total. The minimum Gasteiger partial charge on any atom is -0.464 e. The van der Waals surface area contributed by atoms with Gasteiger partial charge >= 0.3 is 0 Å². The van der Waals surface area contributed by atoms with Gasteiger partial charge in [0.05, 0.1) is 6.04 Å². The standard InChI is InChI=1S/C10H17NO2/c1-7-6-10(13-8(7)2)9(11)4-3-5-12/h6,9,12H,3-5,11H2,1-2H3/t9-/m1/s1. The van der Waals surface area contributed by atoms with Gasteiger partial charge in [-0.15, -0.1) is 0 Å². The maximum absolute atomic E-state index is 8.64. The Morgan fingerprint density at radius 2 is 2.23 bits per heavy atom. The molecule has 0 saturated heterocycles. The molecule has 1 rings (SSSR count). The lowest BCUT2D eigenvalue weighted by Crippen LogP contribution is -2.09. The van der Waals surface area contributed by atoms with Crippen LogP contribution in [0.1, 0.15) is 36.0 Å². The van der Waals surface area contributed by atoms with E-state index in [4.69, 9.17) is 15.3 Å². The van der Waals surface area contributed by atoms with Crippen LogP contribution in [-0.2, 0) is 0 Å². The van der Waals surface area contributed by atoms with Gasteiger partial charge < -0.3 is 15.3 Å². The predicted molar refractivity (Wildman–Crippen MR) is 51.4 cm³/mol. The van der Waals surface area contributed by atoms with Gasteiger partial charge in [-0.05, 0) is 38.3 Å². The van der Waals surface area contributed by atoms with Crippen molar-refractivity contribution >= 4 is 0 Å². The maximum atomic E-state index is 8.64. The summed E-state index contributed by atoms with van der Waals surface area (Å²) in [5.41, 5.74) is 6.99. The molecule has 0 radical (unpaired) electrons. The highest BCUT2D eigenvalue weighted by Crippen LogP contribution is 2.21. The quantitative estimate of drug-likeness (QED) is 0.746. The Morgan fingerprint density at radius 1 is 1.54 bits per heavy atom. The molecule has 74 valence electrons. The van der Waals surface area contributed by atoms with Crippen molar-refractivity contribution in [3.05, 3.63) is 23.2 Å². The molecule has 1 atom stereocenters. The highest BCUT2D eigenvalue weighted by molar-refractivity contribution is 5.20. The zero-order chi connectivity index (χ0) is 9.84. The van der Waals surface area contributed by atoms with Gasteiger partial charge in [-0.1, -0.05) is 0 Å². The fourth-order valence-corrected chi connectivity index (χ4v) is 1.24. The molecule has 0 amide bonds. The Labute approximate surface area is 78.5 Å². The molecular formula is C10H17NO2. The lowest BCUT2D eigenvalue weighted by Gasteiger charge is -2.06. The highest BCUT2D eigenvalue weighted by Gasteiger charge is 2.11. The Hall–Kier alpha value is -0.800. The van der Waals surface area contributed by atoms with Gasteiger partial charge in [0.25, 0.3) is 0 Å². The number of hydrogen-bond donors (Lipinski definition) is 2. The molecule has 0 bridgehead atoms. The molecule has 0 aliphatic heterocycles. The monoisotopic (exact) mass is 183 g/mol. The first kappa shape index (κ1) is 10.3. The van der Waals surface area contributed by atoms with E-state index in [-0.39, 0.29) is 12.6 Å². The van der Waals surface area contributed by atoms with Gasteiger partial charge in [0.15, 0.2) is 0 Å². The number of furan rings is 1. The van der Waals surface area contributed by atoms with E-state index >= 15 is 0 Å². The van der Waals surface area contributed by atoms with Crippen molar-refractivity contribution in [1.82, 2.24) is 0 Å². The summed E-state index contributed by atoms with van der Waals surface area (Å²) in [6, 6.07) is 1.89. The average Bonchev–Trinajstić information content (AvgIpc) is 2.43. The number of nitrogens with two attached hydrogens (primary N) is 1. The number of aliphatic hydroxyl groups is 1. The van der Waals surface area contributed by atoms with Crippen LogP contribution in [0.15, 0.2) is 10.5 Å². The lowest BCUT2D eigenvalue weighted by atomic mass is 10.1. The van der Waals surface area contributed by atoms with E-state index in [0.717, 1.165) is 29.9 Å². The summed E-state index contributed by atoms with van der Waals surface area (Å²) in [5, 5.41) is 8.64. The van der Waals surface area contributed by atoms with E-state index in [1.165, 1.54) is 0 Å². The van der Waals surface area contributed by atoms with E-state index in [1.54, 1.807) is 0 Å². The number of aliphatic hydroxyl groups excluding tert-OH is 1. The Kier molecular flexibility index (Phi) is 3.51. The molecule has 0 saturated carbocycles. The van der Waals surface area contributed by atoms with Crippen molar-refractivity contribution in [2.75, 3.05) is 6.61 Å². The molecule has 0 spiro atoms. The van der Waals surface area contributed by atoms with Crippen LogP contribution in [0, 0.1) is 13.8 Å². The topological polar surface area (TPSA) is 59.4 Å². The van der Waals surface area contributed by atoms with Crippen molar-refractivity contribution in [1.29, 1.82) is 0 Å². The Balaban J connectivity index is 2.60. The van der Waals surface area contributed by atoms with Crippen LogP contribution < -0.4 is 5.73 Å². The zero-order valence-corrected chi connectivity index (χ0v) is 8.21. The minimum absolute atomic E-state index is 0.0838. The van der Waals surface area contributed by atoms with Gasteiger partial charge in [-0.25, -0.2) is 0 Å². The number of hydrogen-bond acceptors (Lipinski definition) is 3. The van der Waals surface area contributed by atoms with Crippen LogP contribution in [0.4, 0.5) is 0 Å².